The number of urea groups is 1. The highest BCUT2D eigenvalue weighted by Gasteiger charge is 2.43. The number of thioether (sulfide) groups is 1. The minimum atomic E-state index is -0.909. The van der Waals surface area contributed by atoms with Crippen molar-refractivity contribution in [2.24, 2.45) is 5.73 Å². The molecule has 9 nitrogen and oxygen atoms in total. The molecule has 0 unspecified atom stereocenters. The average molecular weight is 456 g/mol. The first-order chi connectivity index (χ1) is 14.2. The molecule has 5 N–H and O–H groups in total. The highest BCUT2D eigenvalue weighted by atomic mass is 32.2. The molecule has 0 spiro atoms. The molecule has 1 aliphatic heterocycles. The van der Waals surface area contributed by atoms with Crippen LogP contribution in [0.1, 0.15) is 25.1 Å². The molecular formula is C19H29N5O4S2. The van der Waals surface area contributed by atoms with Crippen molar-refractivity contribution in [3.63, 3.8) is 0 Å². The Morgan fingerprint density at radius 3 is 2.60 bits per heavy atom. The Labute approximate surface area is 184 Å². The molecule has 1 aromatic rings. The Kier molecular flexibility index (Phi) is 8.97. The monoisotopic (exact) mass is 455 g/mol. The summed E-state index contributed by atoms with van der Waals surface area (Å²) in [6.45, 7) is 4.00. The fourth-order valence-electron chi connectivity index (χ4n) is 3.34. The number of carbonyl (C=O) groups is 4. The maximum Gasteiger partial charge on any atom is 0.315 e. The predicted octanol–water partition coefficient (Wildman–Crippen LogP) is 0.301. The minimum Gasteiger partial charge on any atom is -0.368 e. The van der Waals surface area contributed by atoms with Crippen LogP contribution < -0.4 is 21.7 Å². The third-order valence-corrected chi connectivity index (χ3v) is 6.07. The Balaban J connectivity index is 2.17. The van der Waals surface area contributed by atoms with Crippen LogP contribution in [-0.2, 0) is 20.8 Å². The summed E-state index contributed by atoms with van der Waals surface area (Å²) < 4.78 is 0. The lowest BCUT2D eigenvalue weighted by Crippen LogP contribution is -2.59. The fourth-order valence-corrected chi connectivity index (χ4v) is 4.50. The van der Waals surface area contributed by atoms with Gasteiger partial charge in [0, 0.05) is 23.9 Å². The number of nitrogens with zero attached hydrogens (tertiary/aromatic N) is 1. The van der Waals surface area contributed by atoms with Crippen molar-refractivity contribution < 1.29 is 19.2 Å². The van der Waals surface area contributed by atoms with E-state index < -0.39 is 36.0 Å². The molecule has 1 saturated heterocycles. The second-order valence-electron chi connectivity index (χ2n) is 7.38. The number of hydrogen-bond donors (Lipinski definition) is 4. The normalized spacial score (nSPS) is 19.4. The number of hydrogen-bond acceptors (Lipinski definition) is 6. The summed E-state index contributed by atoms with van der Waals surface area (Å²) in [5.41, 5.74) is 5.50. The van der Waals surface area contributed by atoms with Gasteiger partial charge < -0.3 is 26.6 Å². The van der Waals surface area contributed by atoms with E-state index in [0.717, 1.165) is 4.88 Å². The predicted molar refractivity (Wildman–Crippen MR) is 118 cm³/mol. The van der Waals surface area contributed by atoms with Gasteiger partial charge in [-0.3, -0.25) is 14.4 Å². The van der Waals surface area contributed by atoms with Gasteiger partial charge in [-0.2, -0.15) is 11.8 Å². The zero-order valence-corrected chi connectivity index (χ0v) is 19.0. The van der Waals surface area contributed by atoms with Crippen LogP contribution in [-0.4, -0.2) is 71.4 Å². The molecule has 0 radical (unpaired) electrons. The average Bonchev–Trinajstić information content (AvgIpc) is 3.30. The van der Waals surface area contributed by atoms with Crippen molar-refractivity contribution >= 4 is 46.9 Å². The number of likely N-dealkylation sites (tertiary alicyclic amines) is 1. The molecule has 11 heteroatoms. The van der Waals surface area contributed by atoms with E-state index in [4.69, 9.17) is 5.73 Å². The van der Waals surface area contributed by atoms with E-state index in [9.17, 15) is 19.2 Å². The first kappa shape index (κ1) is 24.0. The summed E-state index contributed by atoms with van der Waals surface area (Å²) in [6, 6.07) is 0.858. The standard InChI is InChI=1S/C19H29N5O4S2/c1-11(2)21-19(28)23-13-6-7-24(15(25)10-29-3)16(13)18(27)22-14(17(20)26)9-12-5-4-8-30-12/h4-5,8,11,13-14,16H,6-7,9-10H2,1-3H3,(H2,20,26)(H,22,27)(H2,21,23,28)/t13-,14-,16-/m0/s1. The molecule has 166 valence electrons. The van der Waals surface area contributed by atoms with Crippen LogP contribution in [0.2, 0.25) is 0 Å². The van der Waals surface area contributed by atoms with Crippen LogP contribution in [0.3, 0.4) is 0 Å². The minimum absolute atomic E-state index is 0.0713. The molecule has 3 atom stereocenters. The molecule has 5 amide bonds. The maximum absolute atomic E-state index is 13.1. The second kappa shape index (κ2) is 11.2. The topological polar surface area (TPSA) is 134 Å². The van der Waals surface area contributed by atoms with Crippen molar-refractivity contribution in [1.29, 1.82) is 0 Å². The zero-order chi connectivity index (χ0) is 22.3. The van der Waals surface area contributed by atoms with Gasteiger partial charge in [-0.15, -0.1) is 11.3 Å². The van der Waals surface area contributed by atoms with Gasteiger partial charge in [-0.05, 0) is 38.0 Å². The highest BCUT2D eigenvalue weighted by Crippen LogP contribution is 2.20. The number of rotatable bonds is 9. The number of nitrogens with two attached hydrogens (primary N) is 1. The van der Waals surface area contributed by atoms with Crippen LogP contribution in [0.15, 0.2) is 17.5 Å². The molecule has 2 rings (SSSR count). The largest absolute Gasteiger partial charge is 0.368 e. The number of carbonyl (C=O) groups excluding carboxylic acids is 4. The summed E-state index contributed by atoms with van der Waals surface area (Å²) in [4.78, 5) is 52.2. The van der Waals surface area contributed by atoms with Crippen LogP contribution in [0, 0.1) is 0 Å². The molecule has 0 aromatic carbocycles. The van der Waals surface area contributed by atoms with Crippen molar-refractivity contribution in [2.75, 3.05) is 18.6 Å². The summed E-state index contributed by atoms with van der Waals surface area (Å²) in [5, 5.41) is 10.1. The molecule has 1 aromatic heterocycles. The van der Waals surface area contributed by atoms with Crippen LogP contribution in [0.4, 0.5) is 4.79 Å². The number of thiophene rings is 1. The maximum atomic E-state index is 13.1. The first-order valence-electron chi connectivity index (χ1n) is 9.70. The summed E-state index contributed by atoms with van der Waals surface area (Å²) in [5.74, 6) is -1.12. The molecular weight excluding hydrogens is 426 g/mol. The first-order valence-corrected chi connectivity index (χ1v) is 12.0. The molecule has 0 saturated carbocycles. The fraction of sp³-hybridized carbons (Fsp3) is 0.579. The van der Waals surface area contributed by atoms with Gasteiger partial charge in [-0.1, -0.05) is 6.07 Å². The van der Waals surface area contributed by atoms with Gasteiger partial charge in [-0.25, -0.2) is 4.79 Å². The Hall–Kier alpha value is -2.27. The smallest absolute Gasteiger partial charge is 0.315 e. The summed E-state index contributed by atoms with van der Waals surface area (Å²) >= 11 is 2.82. The molecule has 0 aliphatic carbocycles. The van der Waals surface area contributed by atoms with E-state index in [1.165, 1.54) is 28.0 Å². The van der Waals surface area contributed by atoms with E-state index in [1.54, 1.807) is 6.26 Å². The van der Waals surface area contributed by atoms with E-state index in [2.05, 4.69) is 16.0 Å². The third-order valence-electron chi connectivity index (χ3n) is 4.64. The number of amides is 5. The van der Waals surface area contributed by atoms with E-state index in [-0.39, 0.29) is 24.1 Å². The zero-order valence-electron chi connectivity index (χ0n) is 17.3. The van der Waals surface area contributed by atoms with Gasteiger partial charge in [0.25, 0.3) is 0 Å². The van der Waals surface area contributed by atoms with Crippen molar-refractivity contribution in [3.8, 4) is 0 Å². The number of primary amides is 1. The molecule has 30 heavy (non-hydrogen) atoms. The van der Waals surface area contributed by atoms with E-state index >= 15 is 0 Å². The van der Waals surface area contributed by atoms with Gasteiger partial charge in [0.2, 0.25) is 17.7 Å². The molecule has 1 fully saturated rings. The quantitative estimate of drug-likeness (QED) is 0.425. The second-order valence-corrected chi connectivity index (χ2v) is 9.28. The summed E-state index contributed by atoms with van der Waals surface area (Å²) in [6.07, 6.45) is 2.52. The van der Waals surface area contributed by atoms with Crippen LogP contribution in [0.5, 0.6) is 0 Å². The lowest BCUT2D eigenvalue weighted by Gasteiger charge is -2.29. The van der Waals surface area contributed by atoms with Crippen molar-refractivity contribution in [3.05, 3.63) is 22.4 Å². The lowest BCUT2D eigenvalue weighted by molar-refractivity contribution is -0.138. The molecule has 1 aliphatic rings. The Morgan fingerprint density at radius 2 is 2.03 bits per heavy atom. The SMILES string of the molecule is CSCC(=O)N1CC[C@H](NC(=O)NC(C)C)[C@H]1C(=O)N[C@@H](Cc1cccs1)C(N)=O. The third kappa shape index (κ3) is 6.63. The van der Waals surface area contributed by atoms with Gasteiger partial charge in [0.1, 0.15) is 12.1 Å². The van der Waals surface area contributed by atoms with Gasteiger partial charge in [0.05, 0.1) is 11.8 Å². The van der Waals surface area contributed by atoms with Gasteiger partial charge >= 0.3 is 6.03 Å². The summed E-state index contributed by atoms with van der Waals surface area (Å²) in [7, 11) is 0. The van der Waals surface area contributed by atoms with E-state index in [0.29, 0.717) is 13.0 Å². The van der Waals surface area contributed by atoms with E-state index in [1.807, 2.05) is 31.4 Å². The van der Waals surface area contributed by atoms with Crippen LogP contribution >= 0.6 is 23.1 Å². The lowest BCUT2D eigenvalue weighted by atomic mass is 10.1. The molecule has 0 bridgehead atoms. The van der Waals surface area contributed by atoms with Crippen LogP contribution in [0.25, 0.3) is 0 Å². The van der Waals surface area contributed by atoms with Gasteiger partial charge in [0.15, 0.2) is 0 Å². The molecule has 2 heterocycles. The highest BCUT2D eigenvalue weighted by molar-refractivity contribution is 7.99. The van der Waals surface area contributed by atoms with Crippen molar-refractivity contribution in [2.45, 2.75) is 50.9 Å². The Morgan fingerprint density at radius 1 is 1.30 bits per heavy atom. The van der Waals surface area contributed by atoms with Crippen molar-refractivity contribution in [1.82, 2.24) is 20.9 Å². The Bertz CT molecular complexity index is 756. The number of nitrogens with one attached hydrogen (secondary N) is 3.